The lowest BCUT2D eigenvalue weighted by Gasteiger charge is -2.09. The van der Waals surface area contributed by atoms with Gasteiger partial charge in [-0.3, -0.25) is 4.79 Å². The summed E-state index contributed by atoms with van der Waals surface area (Å²) in [6.07, 6.45) is 18.9. The summed E-state index contributed by atoms with van der Waals surface area (Å²) in [6.45, 7) is 6.87. The molecular weight excluding hydrogens is 298 g/mol. The minimum atomic E-state index is -0.833. The first-order chi connectivity index (χ1) is 11.6. The molecule has 0 aliphatic carbocycles. The molecule has 1 rings (SSSR count). The third-order valence-corrected chi connectivity index (χ3v) is 4.21. The lowest BCUT2D eigenvalue weighted by atomic mass is 10.1. The molecule has 0 aromatic carbocycles. The summed E-state index contributed by atoms with van der Waals surface area (Å²) >= 11 is 0. The topological polar surface area (TPSA) is 42.2 Å². The second-order valence-corrected chi connectivity index (χ2v) is 6.64. The molecule has 1 heterocycles. The van der Waals surface area contributed by atoms with Gasteiger partial charge in [-0.1, -0.05) is 71.6 Å². The van der Waals surface area contributed by atoms with Crippen molar-refractivity contribution in [2.45, 2.75) is 104 Å². The van der Waals surface area contributed by atoms with Gasteiger partial charge >= 0.3 is 0 Å². The average Bonchev–Trinajstić information content (AvgIpc) is 2.98. The van der Waals surface area contributed by atoms with E-state index in [1.165, 1.54) is 89.3 Å². The number of aliphatic carboxylic acids is 1. The zero-order valence-corrected chi connectivity index (χ0v) is 16.2. The molecule has 0 atom stereocenters. The number of aromatic nitrogens is 1. The van der Waals surface area contributed by atoms with Crippen molar-refractivity contribution < 1.29 is 9.90 Å². The SMILES string of the molecule is CC(=O)O.CCCCCCCCCCCn1cccc1CCCC. The second-order valence-electron chi connectivity index (χ2n) is 6.64. The van der Waals surface area contributed by atoms with E-state index in [0.29, 0.717) is 0 Å². The van der Waals surface area contributed by atoms with Gasteiger partial charge in [-0.15, -0.1) is 0 Å². The zero-order chi connectivity index (χ0) is 18.0. The Morgan fingerprint density at radius 1 is 0.917 bits per heavy atom. The average molecular weight is 338 g/mol. The summed E-state index contributed by atoms with van der Waals surface area (Å²) in [5.41, 5.74) is 1.53. The Labute approximate surface area is 149 Å². The molecule has 0 fully saturated rings. The van der Waals surface area contributed by atoms with Crippen molar-refractivity contribution in [2.75, 3.05) is 0 Å². The van der Waals surface area contributed by atoms with Crippen LogP contribution < -0.4 is 0 Å². The van der Waals surface area contributed by atoms with Crippen LogP contribution >= 0.6 is 0 Å². The summed E-state index contributed by atoms with van der Waals surface area (Å²) in [7, 11) is 0. The highest BCUT2D eigenvalue weighted by molar-refractivity contribution is 5.62. The van der Waals surface area contributed by atoms with Crippen LogP contribution in [0.1, 0.15) is 97.1 Å². The fourth-order valence-electron chi connectivity index (χ4n) is 2.85. The van der Waals surface area contributed by atoms with Gasteiger partial charge in [0, 0.05) is 25.4 Å². The Balaban J connectivity index is 0.00000118. The van der Waals surface area contributed by atoms with Crippen LogP contribution in [0.25, 0.3) is 0 Å². The third kappa shape index (κ3) is 14.3. The van der Waals surface area contributed by atoms with Gasteiger partial charge in [0.15, 0.2) is 0 Å². The predicted molar refractivity (Wildman–Crippen MR) is 104 cm³/mol. The van der Waals surface area contributed by atoms with Crippen LogP contribution in [0.3, 0.4) is 0 Å². The van der Waals surface area contributed by atoms with E-state index < -0.39 is 5.97 Å². The fraction of sp³-hybridized carbons (Fsp3) is 0.762. The van der Waals surface area contributed by atoms with Crippen LogP contribution in [0.4, 0.5) is 0 Å². The normalized spacial score (nSPS) is 10.3. The predicted octanol–water partition coefficient (Wildman–Crippen LogP) is 6.45. The Hall–Kier alpha value is -1.25. The Morgan fingerprint density at radius 2 is 1.42 bits per heavy atom. The van der Waals surface area contributed by atoms with Crippen LogP contribution in [-0.2, 0) is 17.8 Å². The van der Waals surface area contributed by atoms with E-state index in [4.69, 9.17) is 9.90 Å². The number of hydrogen-bond donors (Lipinski definition) is 1. The van der Waals surface area contributed by atoms with Gasteiger partial charge in [0.2, 0.25) is 0 Å². The maximum atomic E-state index is 9.00. The molecular formula is C21H39NO2. The van der Waals surface area contributed by atoms with Crippen molar-refractivity contribution in [3.63, 3.8) is 0 Å². The molecule has 1 aromatic rings. The Morgan fingerprint density at radius 3 is 1.96 bits per heavy atom. The molecule has 0 aliphatic heterocycles. The highest BCUT2D eigenvalue weighted by Gasteiger charge is 2.00. The van der Waals surface area contributed by atoms with Gasteiger partial charge < -0.3 is 9.67 Å². The minimum Gasteiger partial charge on any atom is -0.481 e. The van der Waals surface area contributed by atoms with E-state index in [0.717, 1.165) is 6.92 Å². The molecule has 140 valence electrons. The van der Waals surface area contributed by atoms with E-state index in [2.05, 4.69) is 36.7 Å². The van der Waals surface area contributed by atoms with Crippen LogP contribution in [0.5, 0.6) is 0 Å². The first-order valence-electron chi connectivity index (χ1n) is 9.95. The van der Waals surface area contributed by atoms with Gasteiger partial charge in [-0.05, 0) is 31.4 Å². The fourth-order valence-corrected chi connectivity index (χ4v) is 2.85. The molecule has 0 bridgehead atoms. The van der Waals surface area contributed by atoms with E-state index in [-0.39, 0.29) is 0 Å². The number of nitrogens with zero attached hydrogens (tertiary/aromatic N) is 1. The van der Waals surface area contributed by atoms with Gasteiger partial charge in [-0.2, -0.15) is 0 Å². The number of rotatable bonds is 13. The first-order valence-corrected chi connectivity index (χ1v) is 9.95. The van der Waals surface area contributed by atoms with Crippen molar-refractivity contribution in [3.8, 4) is 0 Å². The van der Waals surface area contributed by atoms with E-state index in [9.17, 15) is 0 Å². The van der Waals surface area contributed by atoms with E-state index >= 15 is 0 Å². The summed E-state index contributed by atoms with van der Waals surface area (Å²) in [5, 5.41) is 7.42. The molecule has 3 nitrogen and oxygen atoms in total. The summed E-state index contributed by atoms with van der Waals surface area (Å²) in [4.78, 5) is 9.00. The first kappa shape index (κ1) is 22.8. The smallest absolute Gasteiger partial charge is 0.300 e. The number of carbonyl (C=O) groups is 1. The molecule has 24 heavy (non-hydrogen) atoms. The summed E-state index contributed by atoms with van der Waals surface area (Å²) < 4.78 is 2.47. The van der Waals surface area contributed by atoms with Crippen LogP contribution in [-0.4, -0.2) is 15.6 Å². The highest BCUT2D eigenvalue weighted by Crippen LogP contribution is 2.12. The standard InChI is InChI=1S/C19H35N.C2H4O2/c1-3-5-7-8-9-10-11-12-13-17-20-18-14-16-19(20)15-6-4-2;1-2(3)4/h14,16,18H,3-13,15,17H2,1-2H3;1H3,(H,3,4). The number of carboxylic acid groups (broad SMARTS) is 1. The van der Waals surface area contributed by atoms with Gasteiger partial charge in [0.1, 0.15) is 0 Å². The highest BCUT2D eigenvalue weighted by atomic mass is 16.4. The van der Waals surface area contributed by atoms with Crippen molar-refractivity contribution >= 4 is 5.97 Å². The Kier molecular flexibility index (Phi) is 15.7. The second kappa shape index (κ2) is 16.6. The van der Waals surface area contributed by atoms with Crippen molar-refractivity contribution in [3.05, 3.63) is 24.0 Å². The third-order valence-electron chi connectivity index (χ3n) is 4.21. The molecule has 1 N–H and O–H groups in total. The van der Waals surface area contributed by atoms with E-state index in [1.54, 1.807) is 0 Å². The maximum absolute atomic E-state index is 9.00. The summed E-state index contributed by atoms with van der Waals surface area (Å²) in [6, 6.07) is 4.50. The number of hydrogen-bond acceptors (Lipinski definition) is 1. The largest absolute Gasteiger partial charge is 0.481 e. The quantitative estimate of drug-likeness (QED) is 0.420. The van der Waals surface area contributed by atoms with Crippen LogP contribution in [0.15, 0.2) is 18.3 Å². The van der Waals surface area contributed by atoms with Crippen LogP contribution in [0, 0.1) is 0 Å². The summed E-state index contributed by atoms with van der Waals surface area (Å²) in [5.74, 6) is -0.833. The van der Waals surface area contributed by atoms with Crippen LogP contribution in [0.2, 0.25) is 0 Å². The maximum Gasteiger partial charge on any atom is 0.300 e. The zero-order valence-electron chi connectivity index (χ0n) is 16.2. The van der Waals surface area contributed by atoms with Crippen molar-refractivity contribution in [1.82, 2.24) is 4.57 Å². The minimum absolute atomic E-state index is 0.833. The lowest BCUT2D eigenvalue weighted by Crippen LogP contribution is -2.02. The molecule has 3 heteroatoms. The van der Waals surface area contributed by atoms with Gasteiger partial charge in [0.05, 0.1) is 0 Å². The Bertz CT molecular complexity index is 394. The molecule has 0 unspecified atom stereocenters. The van der Waals surface area contributed by atoms with Gasteiger partial charge in [-0.25, -0.2) is 0 Å². The number of unbranched alkanes of at least 4 members (excludes halogenated alkanes) is 9. The molecule has 0 saturated carbocycles. The van der Waals surface area contributed by atoms with Gasteiger partial charge in [0.25, 0.3) is 5.97 Å². The molecule has 0 saturated heterocycles. The molecule has 1 aromatic heterocycles. The molecule has 0 radical (unpaired) electrons. The van der Waals surface area contributed by atoms with Crippen molar-refractivity contribution in [2.24, 2.45) is 0 Å². The number of aryl methyl sites for hydroxylation is 2. The molecule has 0 aliphatic rings. The number of carboxylic acids is 1. The molecule has 0 spiro atoms. The van der Waals surface area contributed by atoms with Crippen molar-refractivity contribution in [1.29, 1.82) is 0 Å². The van der Waals surface area contributed by atoms with E-state index in [1.807, 2.05) is 0 Å². The molecule has 0 amide bonds. The lowest BCUT2D eigenvalue weighted by molar-refractivity contribution is -0.134. The monoisotopic (exact) mass is 337 g/mol.